The third-order valence-electron chi connectivity index (χ3n) is 2.59. The van der Waals surface area contributed by atoms with Crippen molar-refractivity contribution in [2.45, 2.75) is 45.3 Å². The Hall–Kier alpha value is -0.573. The van der Waals surface area contributed by atoms with Crippen LogP contribution in [0.5, 0.6) is 0 Å². The van der Waals surface area contributed by atoms with Crippen LogP contribution in [0.4, 0.5) is 0 Å². The first-order valence-electron chi connectivity index (χ1n) is 5.38. The lowest BCUT2D eigenvalue weighted by Gasteiger charge is -2.20. The number of allylic oxidation sites excluding steroid dienone is 1. The van der Waals surface area contributed by atoms with E-state index in [0.717, 1.165) is 12.8 Å². The van der Waals surface area contributed by atoms with E-state index in [1.54, 1.807) is 6.08 Å². The Morgan fingerprint density at radius 2 is 1.93 bits per heavy atom. The Morgan fingerprint density at radius 3 is 2.57 bits per heavy atom. The summed E-state index contributed by atoms with van der Waals surface area (Å²) in [6.45, 7) is 7.44. The third-order valence-corrected chi connectivity index (χ3v) is 4.91. The molecule has 1 rings (SSSR count). The lowest BCUT2D eigenvalue weighted by Crippen LogP contribution is -2.25. The number of carbonyl (C=O) groups is 1. The molecule has 0 bridgehead atoms. The lowest BCUT2D eigenvalue weighted by atomic mass is 10.2. The summed E-state index contributed by atoms with van der Waals surface area (Å²) >= 11 is 0. The van der Waals surface area contributed by atoms with Crippen molar-refractivity contribution < 1.29 is 9.53 Å². The fourth-order valence-corrected chi connectivity index (χ4v) is 3.09. The smallest absolute Gasteiger partial charge is 0.330 e. The molecule has 0 aromatic carbocycles. The molecule has 3 heteroatoms. The molecule has 0 unspecified atom stereocenters. The van der Waals surface area contributed by atoms with Gasteiger partial charge in [0.15, 0.2) is 0 Å². The number of hydrogen-bond donors (Lipinski definition) is 0. The minimum Gasteiger partial charge on any atom is -0.463 e. The van der Waals surface area contributed by atoms with Crippen LogP contribution < -0.4 is 0 Å². The molecular formula is C11H20O2Si. The normalized spacial score (nSPS) is 23.9. The maximum Gasteiger partial charge on any atom is 0.330 e. The summed E-state index contributed by atoms with van der Waals surface area (Å²) in [5.41, 5.74) is 0. The van der Waals surface area contributed by atoms with Crippen molar-refractivity contribution in [2.75, 3.05) is 6.61 Å². The third kappa shape index (κ3) is 3.66. The Balaban J connectivity index is 2.76. The Kier molecular flexibility index (Phi) is 3.93. The predicted molar refractivity (Wildman–Crippen MR) is 60.9 cm³/mol. The maximum absolute atomic E-state index is 11.4. The highest BCUT2D eigenvalue weighted by Gasteiger charge is 2.21. The minimum atomic E-state index is -1.31. The van der Waals surface area contributed by atoms with Crippen LogP contribution in [0.2, 0.25) is 19.6 Å². The lowest BCUT2D eigenvalue weighted by molar-refractivity contribution is -0.137. The zero-order valence-corrected chi connectivity index (χ0v) is 10.4. The molecule has 0 N–H and O–H groups in total. The zero-order chi connectivity index (χ0) is 10.6. The summed E-state index contributed by atoms with van der Waals surface area (Å²) in [6, 6.07) is 0. The van der Waals surface area contributed by atoms with E-state index < -0.39 is 8.07 Å². The molecule has 1 aliphatic heterocycles. The van der Waals surface area contributed by atoms with Gasteiger partial charge in [-0.25, -0.2) is 4.79 Å². The van der Waals surface area contributed by atoms with Gasteiger partial charge in [-0.1, -0.05) is 24.8 Å². The quantitative estimate of drug-likeness (QED) is 0.493. The first-order chi connectivity index (χ1) is 6.50. The van der Waals surface area contributed by atoms with Crippen LogP contribution in [0.3, 0.4) is 0 Å². The number of rotatable bonds is 1. The van der Waals surface area contributed by atoms with E-state index in [2.05, 4.69) is 19.6 Å². The topological polar surface area (TPSA) is 26.3 Å². The van der Waals surface area contributed by atoms with Crippen LogP contribution in [0.15, 0.2) is 11.3 Å². The van der Waals surface area contributed by atoms with Crippen molar-refractivity contribution in [1.29, 1.82) is 0 Å². The first-order valence-corrected chi connectivity index (χ1v) is 8.88. The molecule has 0 saturated heterocycles. The van der Waals surface area contributed by atoms with Gasteiger partial charge in [-0.3, -0.25) is 0 Å². The van der Waals surface area contributed by atoms with Crippen LogP contribution in [0.25, 0.3) is 0 Å². The summed E-state index contributed by atoms with van der Waals surface area (Å²) in [5, 5.41) is 1.35. The molecule has 0 saturated carbocycles. The molecule has 14 heavy (non-hydrogen) atoms. The van der Waals surface area contributed by atoms with Crippen molar-refractivity contribution in [3.05, 3.63) is 11.3 Å². The van der Waals surface area contributed by atoms with E-state index in [-0.39, 0.29) is 5.97 Å². The largest absolute Gasteiger partial charge is 0.463 e. The van der Waals surface area contributed by atoms with Gasteiger partial charge < -0.3 is 4.74 Å². The van der Waals surface area contributed by atoms with E-state index in [1.807, 2.05) is 0 Å². The van der Waals surface area contributed by atoms with Crippen LogP contribution in [-0.4, -0.2) is 20.7 Å². The van der Waals surface area contributed by atoms with Gasteiger partial charge in [0.25, 0.3) is 0 Å². The molecule has 80 valence electrons. The first kappa shape index (κ1) is 11.5. The van der Waals surface area contributed by atoms with Crippen molar-refractivity contribution in [1.82, 2.24) is 0 Å². The summed E-state index contributed by atoms with van der Waals surface area (Å²) < 4.78 is 5.10. The zero-order valence-electron chi connectivity index (χ0n) is 9.43. The average molecular weight is 212 g/mol. The summed E-state index contributed by atoms with van der Waals surface area (Å²) in [5.74, 6) is -0.135. The Labute approximate surface area is 87.3 Å². The van der Waals surface area contributed by atoms with Gasteiger partial charge in [0, 0.05) is 6.08 Å². The molecule has 0 amide bonds. The number of ether oxygens (including phenoxy) is 1. The van der Waals surface area contributed by atoms with Crippen LogP contribution in [-0.2, 0) is 9.53 Å². The van der Waals surface area contributed by atoms with Gasteiger partial charge in [-0.15, -0.1) is 0 Å². The second-order valence-electron chi connectivity index (χ2n) is 4.90. The van der Waals surface area contributed by atoms with E-state index in [9.17, 15) is 4.79 Å². The monoisotopic (exact) mass is 212 g/mol. The summed E-state index contributed by atoms with van der Waals surface area (Å²) in [6.07, 6.45) is 6.22. The highest BCUT2D eigenvalue weighted by atomic mass is 28.3. The average Bonchev–Trinajstić information content (AvgIpc) is 2.15. The van der Waals surface area contributed by atoms with E-state index in [0.29, 0.717) is 6.61 Å². The Bertz CT molecular complexity index is 238. The number of cyclic esters (lactones) is 1. The van der Waals surface area contributed by atoms with Gasteiger partial charge in [-0.2, -0.15) is 0 Å². The molecular weight excluding hydrogens is 192 g/mol. The van der Waals surface area contributed by atoms with Crippen molar-refractivity contribution in [2.24, 2.45) is 0 Å². The molecule has 0 aromatic rings. The van der Waals surface area contributed by atoms with Gasteiger partial charge in [0.05, 0.1) is 14.7 Å². The van der Waals surface area contributed by atoms with Gasteiger partial charge in [-0.05, 0) is 25.7 Å². The molecule has 0 radical (unpaired) electrons. The summed E-state index contributed by atoms with van der Waals surface area (Å²) in [7, 11) is -1.31. The molecule has 0 atom stereocenters. The van der Waals surface area contributed by atoms with Gasteiger partial charge in [0.1, 0.15) is 0 Å². The molecule has 0 aliphatic carbocycles. The SMILES string of the molecule is C[Si](C)(C)/C1=C/C(=O)OCCCCC1. The van der Waals surface area contributed by atoms with Gasteiger partial charge in [0.2, 0.25) is 0 Å². The number of hydrogen-bond acceptors (Lipinski definition) is 2. The fraction of sp³-hybridized carbons (Fsp3) is 0.727. The maximum atomic E-state index is 11.4. The molecule has 1 aliphatic rings. The molecule has 1 heterocycles. The molecule has 0 aromatic heterocycles. The standard InChI is InChI=1S/C11H20O2Si/c1-14(2,3)10-7-5-4-6-8-13-11(12)9-10/h9H,4-8H2,1-3H3/b10-9+. The fourth-order valence-electron chi connectivity index (χ4n) is 1.61. The van der Waals surface area contributed by atoms with Crippen LogP contribution in [0, 0.1) is 0 Å². The van der Waals surface area contributed by atoms with E-state index in [4.69, 9.17) is 4.74 Å². The van der Waals surface area contributed by atoms with Crippen LogP contribution in [0.1, 0.15) is 25.7 Å². The summed E-state index contributed by atoms with van der Waals surface area (Å²) in [4.78, 5) is 11.4. The van der Waals surface area contributed by atoms with Gasteiger partial charge >= 0.3 is 5.97 Å². The molecule has 2 nitrogen and oxygen atoms in total. The van der Waals surface area contributed by atoms with Crippen molar-refractivity contribution in [3.63, 3.8) is 0 Å². The number of esters is 1. The minimum absolute atomic E-state index is 0.135. The van der Waals surface area contributed by atoms with Crippen LogP contribution >= 0.6 is 0 Å². The predicted octanol–water partition coefficient (Wildman–Crippen LogP) is 2.91. The second kappa shape index (κ2) is 4.78. The number of carbonyl (C=O) groups excluding carboxylic acids is 1. The molecule has 0 spiro atoms. The van der Waals surface area contributed by atoms with Crippen molar-refractivity contribution >= 4 is 14.0 Å². The van der Waals surface area contributed by atoms with E-state index in [1.165, 1.54) is 18.0 Å². The van der Waals surface area contributed by atoms with E-state index >= 15 is 0 Å². The highest BCUT2D eigenvalue weighted by Crippen LogP contribution is 2.22. The Morgan fingerprint density at radius 1 is 1.21 bits per heavy atom. The highest BCUT2D eigenvalue weighted by molar-refractivity contribution is 6.83. The second-order valence-corrected chi connectivity index (χ2v) is 10.0. The molecule has 0 fully saturated rings. The van der Waals surface area contributed by atoms with Crippen molar-refractivity contribution in [3.8, 4) is 0 Å².